The molecule has 148 valence electrons. The SMILES string of the molecule is Oc1c(Br)cc(N=Cc2ccc(N3CCC4(CCCCC4)CC3)cc2)cc1Br. The average Bonchev–Trinajstić information content (AvgIpc) is 2.72. The third-order valence-electron chi connectivity index (χ3n) is 6.36. The second kappa shape index (κ2) is 8.58. The van der Waals surface area contributed by atoms with Gasteiger partial charge in [0.05, 0.1) is 14.6 Å². The van der Waals surface area contributed by atoms with E-state index in [1.54, 1.807) is 12.1 Å². The van der Waals surface area contributed by atoms with E-state index in [2.05, 4.69) is 66.0 Å². The monoisotopic (exact) mass is 504 g/mol. The van der Waals surface area contributed by atoms with Crippen LogP contribution in [0, 0.1) is 5.41 Å². The zero-order valence-electron chi connectivity index (χ0n) is 16.0. The summed E-state index contributed by atoms with van der Waals surface area (Å²) in [6.07, 6.45) is 11.8. The second-order valence-electron chi connectivity index (χ2n) is 8.16. The van der Waals surface area contributed by atoms with Crippen molar-refractivity contribution in [1.82, 2.24) is 0 Å². The normalized spacial score (nSPS) is 19.4. The van der Waals surface area contributed by atoms with Crippen molar-refractivity contribution in [2.75, 3.05) is 18.0 Å². The standard InChI is InChI=1S/C23H26Br2N2O/c24-20-14-18(15-21(25)22(20)28)26-16-17-4-6-19(7-5-17)27-12-10-23(11-13-27)8-2-1-3-9-23/h4-7,14-16,28H,1-3,8-13H2. The van der Waals surface area contributed by atoms with Gasteiger partial charge in [-0.3, -0.25) is 4.99 Å². The van der Waals surface area contributed by atoms with E-state index in [9.17, 15) is 5.11 Å². The van der Waals surface area contributed by atoms with Crippen molar-refractivity contribution in [2.45, 2.75) is 44.9 Å². The van der Waals surface area contributed by atoms with Crippen LogP contribution in [-0.4, -0.2) is 24.4 Å². The van der Waals surface area contributed by atoms with Gasteiger partial charge in [0.2, 0.25) is 0 Å². The van der Waals surface area contributed by atoms with Crippen molar-refractivity contribution in [3.63, 3.8) is 0 Å². The van der Waals surface area contributed by atoms with Crippen LogP contribution in [0.3, 0.4) is 0 Å². The van der Waals surface area contributed by atoms with Crippen LogP contribution in [0.25, 0.3) is 0 Å². The predicted molar refractivity (Wildman–Crippen MR) is 124 cm³/mol. The summed E-state index contributed by atoms with van der Waals surface area (Å²) in [5.74, 6) is 0.194. The van der Waals surface area contributed by atoms with Crippen LogP contribution in [0.5, 0.6) is 5.75 Å². The van der Waals surface area contributed by atoms with E-state index in [1.807, 2.05) is 6.21 Å². The van der Waals surface area contributed by atoms with Crippen LogP contribution in [0.4, 0.5) is 11.4 Å². The molecule has 1 N–H and O–H groups in total. The highest BCUT2D eigenvalue weighted by Crippen LogP contribution is 2.45. The van der Waals surface area contributed by atoms with Gasteiger partial charge in [0, 0.05) is 25.0 Å². The van der Waals surface area contributed by atoms with Gasteiger partial charge < -0.3 is 10.0 Å². The molecule has 1 saturated heterocycles. The summed E-state index contributed by atoms with van der Waals surface area (Å²) < 4.78 is 1.26. The molecule has 0 amide bonds. The summed E-state index contributed by atoms with van der Waals surface area (Å²) >= 11 is 6.69. The van der Waals surface area contributed by atoms with Crippen molar-refractivity contribution < 1.29 is 5.11 Å². The molecule has 1 aliphatic carbocycles. The predicted octanol–water partition coefficient (Wildman–Crippen LogP) is 7.22. The Kier molecular flexibility index (Phi) is 6.12. The molecule has 0 unspecified atom stereocenters. The average molecular weight is 506 g/mol. The van der Waals surface area contributed by atoms with E-state index >= 15 is 0 Å². The van der Waals surface area contributed by atoms with Crippen LogP contribution in [0.1, 0.15) is 50.5 Å². The third kappa shape index (κ3) is 4.46. The third-order valence-corrected chi connectivity index (χ3v) is 7.57. The van der Waals surface area contributed by atoms with Gasteiger partial charge in [0.25, 0.3) is 0 Å². The maximum absolute atomic E-state index is 9.80. The molecule has 2 aromatic carbocycles. The summed E-state index contributed by atoms with van der Waals surface area (Å²) in [7, 11) is 0. The lowest BCUT2D eigenvalue weighted by Gasteiger charge is -2.45. The van der Waals surface area contributed by atoms with Gasteiger partial charge in [0.15, 0.2) is 0 Å². The fraction of sp³-hybridized carbons (Fsp3) is 0.435. The highest BCUT2D eigenvalue weighted by Gasteiger charge is 2.35. The molecule has 1 saturated carbocycles. The van der Waals surface area contributed by atoms with Gasteiger partial charge in [-0.1, -0.05) is 31.4 Å². The summed E-state index contributed by atoms with van der Waals surface area (Å²) in [6, 6.07) is 12.3. The Morgan fingerprint density at radius 2 is 1.50 bits per heavy atom. The van der Waals surface area contributed by atoms with Crippen LogP contribution in [0.2, 0.25) is 0 Å². The maximum atomic E-state index is 9.80. The van der Waals surface area contributed by atoms with Crippen molar-refractivity contribution in [3.8, 4) is 5.75 Å². The van der Waals surface area contributed by atoms with Crippen LogP contribution >= 0.6 is 31.9 Å². The van der Waals surface area contributed by atoms with E-state index in [0.717, 1.165) is 11.3 Å². The Morgan fingerprint density at radius 3 is 2.11 bits per heavy atom. The molecule has 1 heterocycles. The maximum Gasteiger partial charge on any atom is 0.144 e. The quantitative estimate of drug-likeness (QED) is 0.447. The highest BCUT2D eigenvalue weighted by molar-refractivity contribution is 9.11. The van der Waals surface area contributed by atoms with Crippen LogP contribution < -0.4 is 4.90 Å². The van der Waals surface area contributed by atoms with Crippen molar-refractivity contribution in [1.29, 1.82) is 0 Å². The summed E-state index contributed by atoms with van der Waals surface area (Å²) in [4.78, 5) is 7.07. The van der Waals surface area contributed by atoms with Gasteiger partial charge in [-0.05, 0) is 92.8 Å². The van der Waals surface area contributed by atoms with E-state index in [1.165, 1.54) is 63.7 Å². The van der Waals surface area contributed by atoms with E-state index < -0.39 is 0 Å². The van der Waals surface area contributed by atoms with Crippen molar-refractivity contribution >= 4 is 49.4 Å². The minimum atomic E-state index is 0.194. The first-order valence-corrected chi connectivity index (χ1v) is 11.7. The molecular weight excluding hydrogens is 480 g/mol. The first-order valence-electron chi connectivity index (χ1n) is 10.1. The molecule has 5 heteroatoms. The van der Waals surface area contributed by atoms with Crippen molar-refractivity contribution in [2.24, 2.45) is 10.4 Å². The minimum absolute atomic E-state index is 0.194. The summed E-state index contributed by atoms with van der Waals surface area (Å²) in [6.45, 7) is 2.37. The fourth-order valence-electron chi connectivity index (χ4n) is 4.59. The number of piperidine rings is 1. The smallest absolute Gasteiger partial charge is 0.144 e. The number of anilines is 1. The number of aliphatic imine (C=N–C) groups is 1. The largest absolute Gasteiger partial charge is 0.506 e. The number of hydrogen-bond acceptors (Lipinski definition) is 3. The lowest BCUT2D eigenvalue weighted by atomic mass is 9.68. The summed E-state index contributed by atoms with van der Waals surface area (Å²) in [5, 5.41) is 9.80. The molecule has 1 spiro atoms. The molecule has 2 aliphatic rings. The van der Waals surface area contributed by atoms with Gasteiger partial charge in [-0.25, -0.2) is 0 Å². The number of aromatic hydroxyl groups is 1. The first kappa shape index (κ1) is 20.0. The lowest BCUT2D eigenvalue weighted by molar-refractivity contribution is 0.144. The number of nitrogens with zero attached hydrogens (tertiary/aromatic N) is 2. The van der Waals surface area contributed by atoms with Crippen LogP contribution in [0.15, 0.2) is 50.3 Å². The molecule has 28 heavy (non-hydrogen) atoms. The minimum Gasteiger partial charge on any atom is -0.506 e. The fourth-order valence-corrected chi connectivity index (χ4v) is 5.75. The molecule has 3 nitrogen and oxygen atoms in total. The Balaban J connectivity index is 1.39. The van der Waals surface area contributed by atoms with E-state index in [0.29, 0.717) is 14.4 Å². The molecule has 1 aliphatic heterocycles. The zero-order valence-corrected chi connectivity index (χ0v) is 19.2. The van der Waals surface area contributed by atoms with Gasteiger partial charge in [0.1, 0.15) is 5.75 Å². The Labute approximate surface area is 184 Å². The lowest BCUT2D eigenvalue weighted by Crippen LogP contribution is -2.41. The molecular formula is C23H26Br2N2O. The Morgan fingerprint density at radius 1 is 0.893 bits per heavy atom. The van der Waals surface area contributed by atoms with Gasteiger partial charge >= 0.3 is 0 Å². The number of benzene rings is 2. The number of phenols is 1. The van der Waals surface area contributed by atoms with E-state index in [4.69, 9.17) is 0 Å². The Bertz CT molecular complexity index is 824. The highest BCUT2D eigenvalue weighted by atomic mass is 79.9. The van der Waals surface area contributed by atoms with Crippen LogP contribution in [-0.2, 0) is 0 Å². The van der Waals surface area contributed by atoms with Gasteiger partial charge in [-0.2, -0.15) is 0 Å². The Hall–Kier alpha value is -1.33. The van der Waals surface area contributed by atoms with E-state index in [-0.39, 0.29) is 5.75 Å². The number of hydrogen-bond donors (Lipinski definition) is 1. The molecule has 2 aromatic rings. The molecule has 0 aromatic heterocycles. The number of halogens is 2. The van der Waals surface area contributed by atoms with Gasteiger partial charge in [-0.15, -0.1) is 0 Å². The second-order valence-corrected chi connectivity index (χ2v) is 9.86. The number of rotatable bonds is 3. The molecule has 2 fully saturated rings. The molecule has 4 rings (SSSR count). The zero-order chi connectivity index (χ0) is 19.6. The summed E-state index contributed by atoms with van der Waals surface area (Å²) in [5.41, 5.74) is 3.82. The molecule has 0 radical (unpaired) electrons. The molecule has 0 bridgehead atoms. The van der Waals surface area contributed by atoms with Crippen molar-refractivity contribution in [3.05, 3.63) is 50.9 Å². The number of phenolic OH excluding ortho intramolecular Hbond substituents is 1. The topological polar surface area (TPSA) is 35.8 Å². The molecule has 0 atom stereocenters. The first-order chi connectivity index (χ1) is 13.5.